The van der Waals surface area contributed by atoms with Crippen LogP contribution in [0, 0.1) is 5.82 Å². The van der Waals surface area contributed by atoms with Crippen LogP contribution in [0.25, 0.3) is 0 Å². The van der Waals surface area contributed by atoms with Crippen LogP contribution in [0.2, 0.25) is 0 Å². The minimum absolute atomic E-state index is 0.128. The second kappa shape index (κ2) is 6.01. The van der Waals surface area contributed by atoms with E-state index in [-0.39, 0.29) is 11.7 Å². The molecule has 0 unspecified atom stereocenters. The number of hydrogen-bond donors (Lipinski definition) is 2. The predicted molar refractivity (Wildman–Crippen MR) is 74.7 cm³/mol. The molecule has 0 saturated carbocycles. The molecule has 104 valence electrons. The highest BCUT2D eigenvalue weighted by atomic mass is 19.1. The minimum atomic E-state index is -0.533. The van der Waals surface area contributed by atoms with Gasteiger partial charge in [0.15, 0.2) is 11.6 Å². The zero-order chi connectivity index (χ0) is 14.5. The molecule has 0 spiro atoms. The summed E-state index contributed by atoms with van der Waals surface area (Å²) in [5, 5.41) is 5.45. The number of hydrogen-bond acceptors (Lipinski definition) is 4. The Kier molecular flexibility index (Phi) is 4.14. The van der Waals surface area contributed by atoms with Gasteiger partial charge >= 0.3 is 0 Å². The van der Waals surface area contributed by atoms with Crippen LogP contribution in [0.5, 0.6) is 5.75 Å². The number of pyridine rings is 1. The first-order valence-electron chi connectivity index (χ1n) is 5.92. The number of aromatic nitrogens is 1. The number of nitrogens with one attached hydrogen (secondary N) is 2. The third-order valence-electron chi connectivity index (χ3n) is 2.69. The lowest BCUT2D eigenvalue weighted by molar-refractivity contribution is 0.102. The van der Waals surface area contributed by atoms with Crippen LogP contribution in [0.3, 0.4) is 0 Å². The maximum atomic E-state index is 13.5. The van der Waals surface area contributed by atoms with Crippen molar-refractivity contribution in [3.63, 3.8) is 0 Å². The number of rotatable bonds is 4. The van der Waals surface area contributed by atoms with Gasteiger partial charge in [0.25, 0.3) is 5.91 Å². The number of carbonyl (C=O) groups excluding carboxylic acids is 1. The largest absolute Gasteiger partial charge is 0.494 e. The molecule has 1 aromatic carbocycles. The zero-order valence-corrected chi connectivity index (χ0v) is 11.1. The van der Waals surface area contributed by atoms with E-state index in [9.17, 15) is 9.18 Å². The van der Waals surface area contributed by atoms with Crippen LogP contribution >= 0.6 is 0 Å². The molecule has 0 atom stereocenters. The summed E-state index contributed by atoms with van der Waals surface area (Å²) < 4.78 is 18.3. The molecule has 0 aliphatic heterocycles. The number of amides is 1. The Bertz CT molecular complexity index is 614. The molecule has 0 aliphatic rings. The number of benzene rings is 1. The van der Waals surface area contributed by atoms with Crippen LogP contribution in [-0.4, -0.2) is 25.0 Å². The number of halogens is 1. The molecule has 0 saturated heterocycles. The van der Waals surface area contributed by atoms with E-state index in [4.69, 9.17) is 4.74 Å². The van der Waals surface area contributed by atoms with E-state index in [2.05, 4.69) is 15.6 Å². The van der Waals surface area contributed by atoms with Gasteiger partial charge in [-0.1, -0.05) is 0 Å². The molecule has 0 radical (unpaired) electrons. The van der Waals surface area contributed by atoms with Crippen molar-refractivity contribution < 1.29 is 13.9 Å². The van der Waals surface area contributed by atoms with E-state index in [0.29, 0.717) is 17.1 Å². The van der Waals surface area contributed by atoms with Crippen molar-refractivity contribution in [2.75, 3.05) is 24.8 Å². The number of anilines is 2. The van der Waals surface area contributed by atoms with Crippen LogP contribution in [0.1, 0.15) is 10.4 Å². The van der Waals surface area contributed by atoms with Gasteiger partial charge in [-0.2, -0.15) is 0 Å². The normalized spacial score (nSPS) is 9.95. The van der Waals surface area contributed by atoms with Crippen molar-refractivity contribution in [2.24, 2.45) is 0 Å². The first-order valence-corrected chi connectivity index (χ1v) is 5.92. The fourth-order valence-corrected chi connectivity index (χ4v) is 1.62. The molecular weight excluding hydrogens is 261 g/mol. The first-order chi connectivity index (χ1) is 9.63. The fraction of sp³-hybridized carbons (Fsp3) is 0.143. The molecule has 1 amide bonds. The quantitative estimate of drug-likeness (QED) is 0.900. The van der Waals surface area contributed by atoms with Gasteiger partial charge in [-0.05, 0) is 24.3 Å². The summed E-state index contributed by atoms with van der Waals surface area (Å²) in [4.78, 5) is 16.0. The standard InChI is InChI=1S/C14H14FN3O2/c1-16-13-6-3-9(8-17-13)14(19)18-10-4-5-12(20-2)11(15)7-10/h3-8H,1-2H3,(H,16,17)(H,18,19). The Labute approximate surface area is 115 Å². The van der Waals surface area contributed by atoms with E-state index in [1.54, 1.807) is 25.2 Å². The molecule has 0 fully saturated rings. The Morgan fingerprint density at radius 1 is 1.30 bits per heavy atom. The number of nitrogens with zero attached hydrogens (tertiary/aromatic N) is 1. The van der Waals surface area contributed by atoms with Crippen molar-refractivity contribution in [1.82, 2.24) is 4.98 Å². The number of ether oxygens (including phenoxy) is 1. The van der Waals surface area contributed by atoms with Crippen molar-refractivity contribution in [2.45, 2.75) is 0 Å². The lowest BCUT2D eigenvalue weighted by Gasteiger charge is -2.07. The lowest BCUT2D eigenvalue weighted by atomic mass is 10.2. The van der Waals surface area contributed by atoms with Crippen LogP contribution in [0.4, 0.5) is 15.9 Å². The Morgan fingerprint density at radius 3 is 2.65 bits per heavy atom. The molecule has 2 rings (SSSR count). The summed E-state index contributed by atoms with van der Waals surface area (Å²) in [5.74, 6) is -0.0984. The molecule has 0 aliphatic carbocycles. The fourth-order valence-electron chi connectivity index (χ4n) is 1.62. The SMILES string of the molecule is CNc1ccc(C(=O)Nc2ccc(OC)c(F)c2)cn1. The lowest BCUT2D eigenvalue weighted by Crippen LogP contribution is -2.12. The first kappa shape index (κ1) is 13.8. The van der Waals surface area contributed by atoms with Crippen molar-refractivity contribution in [3.8, 4) is 5.75 Å². The summed E-state index contributed by atoms with van der Waals surface area (Å²) in [6, 6.07) is 7.53. The van der Waals surface area contributed by atoms with Gasteiger partial charge in [-0.25, -0.2) is 9.37 Å². The van der Waals surface area contributed by atoms with E-state index in [1.807, 2.05) is 0 Å². The Morgan fingerprint density at radius 2 is 2.10 bits per heavy atom. The van der Waals surface area contributed by atoms with Gasteiger partial charge in [0, 0.05) is 25.0 Å². The van der Waals surface area contributed by atoms with Crippen molar-refractivity contribution in [1.29, 1.82) is 0 Å². The van der Waals surface area contributed by atoms with Gasteiger partial charge in [-0.3, -0.25) is 4.79 Å². The van der Waals surface area contributed by atoms with Gasteiger partial charge in [0.05, 0.1) is 12.7 Å². The highest BCUT2D eigenvalue weighted by molar-refractivity contribution is 6.04. The van der Waals surface area contributed by atoms with Crippen LogP contribution < -0.4 is 15.4 Å². The van der Waals surface area contributed by atoms with E-state index >= 15 is 0 Å². The molecule has 6 heteroatoms. The molecule has 2 N–H and O–H groups in total. The molecule has 0 bridgehead atoms. The summed E-state index contributed by atoms with van der Waals surface area (Å²) in [6.07, 6.45) is 1.45. The summed E-state index contributed by atoms with van der Waals surface area (Å²) in [7, 11) is 3.12. The summed E-state index contributed by atoms with van der Waals surface area (Å²) >= 11 is 0. The van der Waals surface area contributed by atoms with Gasteiger partial charge in [0.1, 0.15) is 5.82 Å². The molecule has 2 aromatic rings. The Hall–Kier alpha value is -2.63. The smallest absolute Gasteiger partial charge is 0.257 e. The van der Waals surface area contributed by atoms with Gasteiger partial charge in [-0.15, -0.1) is 0 Å². The maximum Gasteiger partial charge on any atom is 0.257 e. The number of methoxy groups -OCH3 is 1. The predicted octanol–water partition coefficient (Wildman–Crippen LogP) is 2.52. The van der Waals surface area contributed by atoms with Crippen molar-refractivity contribution in [3.05, 3.63) is 47.9 Å². The topological polar surface area (TPSA) is 63.2 Å². The second-order valence-electron chi connectivity index (χ2n) is 3.99. The van der Waals surface area contributed by atoms with Crippen molar-refractivity contribution >= 4 is 17.4 Å². The summed E-state index contributed by atoms with van der Waals surface area (Å²) in [5.41, 5.74) is 0.742. The molecule has 20 heavy (non-hydrogen) atoms. The maximum absolute atomic E-state index is 13.5. The van der Waals surface area contributed by atoms with Crippen LogP contribution in [-0.2, 0) is 0 Å². The number of carbonyl (C=O) groups is 1. The highest BCUT2D eigenvalue weighted by Gasteiger charge is 2.09. The average Bonchev–Trinajstić information content (AvgIpc) is 2.47. The molecule has 1 heterocycles. The van der Waals surface area contributed by atoms with E-state index in [0.717, 1.165) is 0 Å². The zero-order valence-electron chi connectivity index (χ0n) is 11.1. The summed E-state index contributed by atoms with van der Waals surface area (Å²) in [6.45, 7) is 0. The van der Waals surface area contributed by atoms with Gasteiger partial charge < -0.3 is 15.4 Å². The van der Waals surface area contributed by atoms with Gasteiger partial charge in [0.2, 0.25) is 0 Å². The third kappa shape index (κ3) is 3.03. The molecule has 1 aromatic heterocycles. The third-order valence-corrected chi connectivity index (χ3v) is 2.69. The highest BCUT2D eigenvalue weighted by Crippen LogP contribution is 2.21. The van der Waals surface area contributed by atoms with Crippen LogP contribution in [0.15, 0.2) is 36.5 Å². The molecular formula is C14H14FN3O2. The van der Waals surface area contributed by atoms with E-state index in [1.165, 1.54) is 25.4 Å². The Balaban J connectivity index is 2.12. The van der Waals surface area contributed by atoms with E-state index < -0.39 is 5.82 Å². The second-order valence-corrected chi connectivity index (χ2v) is 3.99. The minimum Gasteiger partial charge on any atom is -0.494 e. The monoisotopic (exact) mass is 275 g/mol. The molecule has 5 nitrogen and oxygen atoms in total. The average molecular weight is 275 g/mol.